The average Bonchev–Trinajstić information content (AvgIpc) is 2.46. The topological polar surface area (TPSA) is 53.9 Å². The van der Waals surface area contributed by atoms with E-state index in [1.54, 1.807) is 0 Å². The summed E-state index contributed by atoms with van der Waals surface area (Å²) in [6, 6.07) is 8.91. The summed E-state index contributed by atoms with van der Waals surface area (Å²) in [7, 11) is 3.76. The maximum Gasteiger partial charge on any atom is 0.230 e. The molecular weight excluding hydrogens is 286 g/mol. The number of aromatic nitrogens is 3. The van der Waals surface area contributed by atoms with Gasteiger partial charge in [-0.2, -0.15) is 15.0 Å². The second-order valence-corrected chi connectivity index (χ2v) is 5.81. The average molecular weight is 304 g/mol. The number of rotatable bonds is 3. The minimum Gasteiger partial charge on any atom is -0.351 e. The van der Waals surface area contributed by atoms with Crippen molar-refractivity contribution in [2.75, 3.05) is 24.3 Å². The van der Waals surface area contributed by atoms with Gasteiger partial charge in [-0.05, 0) is 42.0 Å². The van der Waals surface area contributed by atoms with E-state index in [0.29, 0.717) is 17.9 Å². The third kappa shape index (κ3) is 3.24. The lowest BCUT2D eigenvalue weighted by Crippen LogP contribution is -2.28. The molecule has 6 heteroatoms. The quantitative estimate of drug-likeness (QED) is 0.944. The molecule has 1 aliphatic rings. The van der Waals surface area contributed by atoms with Crippen molar-refractivity contribution in [1.29, 1.82) is 0 Å². The summed E-state index contributed by atoms with van der Waals surface area (Å²) in [4.78, 5) is 14.5. The Bertz CT molecular complexity index is 644. The van der Waals surface area contributed by atoms with Crippen molar-refractivity contribution in [3.63, 3.8) is 0 Å². The molecule has 0 spiro atoms. The number of nitrogens with zero attached hydrogens (tertiary/aromatic N) is 4. The first-order valence-electron chi connectivity index (χ1n) is 7.04. The third-order valence-electron chi connectivity index (χ3n) is 3.68. The molecule has 1 N–H and O–H groups in total. The Labute approximate surface area is 129 Å². The van der Waals surface area contributed by atoms with E-state index in [0.717, 1.165) is 19.3 Å². The molecule has 0 saturated heterocycles. The highest BCUT2D eigenvalue weighted by Crippen LogP contribution is 2.23. The second-order valence-electron chi connectivity index (χ2n) is 5.48. The summed E-state index contributed by atoms with van der Waals surface area (Å²) in [5.41, 5.74) is 2.84. The van der Waals surface area contributed by atoms with Gasteiger partial charge in [0.1, 0.15) is 0 Å². The van der Waals surface area contributed by atoms with Crippen molar-refractivity contribution >= 4 is 23.5 Å². The smallest absolute Gasteiger partial charge is 0.230 e. The summed E-state index contributed by atoms with van der Waals surface area (Å²) in [5.74, 6) is 1.11. The largest absolute Gasteiger partial charge is 0.351 e. The van der Waals surface area contributed by atoms with Gasteiger partial charge in [-0.1, -0.05) is 24.3 Å². The fourth-order valence-corrected chi connectivity index (χ4v) is 2.76. The molecular formula is C15H18ClN5. The number of hydrogen-bond donors (Lipinski definition) is 1. The van der Waals surface area contributed by atoms with E-state index in [9.17, 15) is 0 Å². The molecule has 0 amide bonds. The van der Waals surface area contributed by atoms with Crippen LogP contribution >= 0.6 is 11.6 Å². The Morgan fingerprint density at radius 3 is 2.67 bits per heavy atom. The number of benzene rings is 1. The van der Waals surface area contributed by atoms with Crippen LogP contribution < -0.4 is 10.2 Å². The summed E-state index contributed by atoms with van der Waals surface area (Å²) in [6.45, 7) is 0. The fraction of sp³-hybridized carbons (Fsp3) is 0.400. The number of hydrogen-bond acceptors (Lipinski definition) is 5. The standard InChI is InChI=1S/C15H18ClN5/c1-21(2)15-19-13(16)18-14(20-15)17-12-8-7-10-5-3-4-6-11(10)9-12/h3-6,12H,7-9H2,1-2H3,(H,17,18,19,20). The van der Waals surface area contributed by atoms with Gasteiger partial charge in [0.05, 0.1) is 0 Å². The highest BCUT2D eigenvalue weighted by molar-refractivity contribution is 6.28. The van der Waals surface area contributed by atoms with Gasteiger partial charge < -0.3 is 10.2 Å². The first kappa shape index (κ1) is 14.1. The highest BCUT2D eigenvalue weighted by atomic mass is 35.5. The van der Waals surface area contributed by atoms with E-state index in [4.69, 9.17) is 11.6 Å². The molecule has 2 aromatic rings. The molecule has 110 valence electrons. The SMILES string of the molecule is CN(C)c1nc(Cl)nc(NC2CCc3ccccc3C2)n1. The predicted octanol–water partition coefficient (Wildman–Crippen LogP) is 2.56. The second kappa shape index (κ2) is 5.85. The molecule has 3 rings (SSSR count). The van der Waals surface area contributed by atoms with E-state index in [1.165, 1.54) is 11.1 Å². The predicted molar refractivity (Wildman–Crippen MR) is 85.0 cm³/mol. The van der Waals surface area contributed by atoms with Crippen molar-refractivity contribution in [3.8, 4) is 0 Å². The first-order valence-corrected chi connectivity index (χ1v) is 7.42. The number of aryl methyl sites for hydroxylation is 1. The van der Waals surface area contributed by atoms with Crippen LogP contribution in [-0.2, 0) is 12.8 Å². The molecule has 1 atom stereocenters. The van der Waals surface area contributed by atoms with Crippen molar-refractivity contribution < 1.29 is 0 Å². The van der Waals surface area contributed by atoms with Crippen LogP contribution in [0.2, 0.25) is 5.28 Å². The molecule has 21 heavy (non-hydrogen) atoms. The van der Waals surface area contributed by atoms with Crippen molar-refractivity contribution in [1.82, 2.24) is 15.0 Å². The summed E-state index contributed by atoms with van der Waals surface area (Å²) in [5, 5.41) is 3.60. The Balaban J connectivity index is 1.76. The molecule has 0 radical (unpaired) electrons. The van der Waals surface area contributed by atoms with E-state index >= 15 is 0 Å². The highest BCUT2D eigenvalue weighted by Gasteiger charge is 2.19. The first-order chi connectivity index (χ1) is 10.1. The normalized spacial score (nSPS) is 17.2. The molecule has 0 aliphatic heterocycles. The number of nitrogens with one attached hydrogen (secondary N) is 1. The zero-order chi connectivity index (χ0) is 14.8. The van der Waals surface area contributed by atoms with Crippen LogP contribution in [0.15, 0.2) is 24.3 Å². The van der Waals surface area contributed by atoms with E-state index in [-0.39, 0.29) is 5.28 Å². The molecule has 1 aromatic heterocycles. The van der Waals surface area contributed by atoms with Crippen LogP contribution in [0.25, 0.3) is 0 Å². The maximum absolute atomic E-state index is 5.96. The lowest BCUT2D eigenvalue weighted by molar-refractivity contribution is 0.605. The van der Waals surface area contributed by atoms with Crippen LogP contribution in [-0.4, -0.2) is 35.1 Å². The van der Waals surface area contributed by atoms with Gasteiger partial charge >= 0.3 is 0 Å². The van der Waals surface area contributed by atoms with Crippen LogP contribution in [0, 0.1) is 0 Å². The summed E-state index contributed by atoms with van der Waals surface area (Å²) in [6.07, 6.45) is 3.13. The van der Waals surface area contributed by atoms with E-state index in [2.05, 4.69) is 44.5 Å². The third-order valence-corrected chi connectivity index (χ3v) is 3.85. The van der Waals surface area contributed by atoms with Gasteiger partial charge in [-0.25, -0.2) is 0 Å². The maximum atomic E-state index is 5.96. The number of halogens is 1. The minimum atomic E-state index is 0.215. The Morgan fingerprint density at radius 2 is 1.90 bits per heavy atom. The van der Waals surface area contributed by atoms with Crippen LogP contribution in [0.5, 0.6) is 0 Å². The molecule has 0 bridgehead atoms. The molecule has 0 saturated carbocycles. The number of anilines is 2. The van der Waals surface area contributed by atoms with Crippen molar-refractivity contribution in [2.45, 2.75) is 25.3 Å². The Morgan fingerprint density at radius 1 is 1.14 bits per heavy atom. The molecule has 1 aromatic carbocycles. The van der Waals surface area contributed by atoms with Gasteiger partial charge in [-0.3, -0.25) is 0 Å². The Kier molecular flexibility index (Phi) is 3.92. The van der Waals surface area contributed by atoms with Gasteiger partial charge in [-0.15, -0.1) is 0 Å². The van der Waals surface area contributed by atoms with Gasteiger partial charge in [0, 0.05) is 20.1 Å². The van der Waals surface area contributed by atoms with Crippen molar-refractivity contribution in [2.24, 2.45) is 0 Å². The Hall–Kier alpha value is -1.88. The molecule has 5 nitrogen and oxygen atoms in total. The molecule has 1 unspecified atom stereocenters. The van der Waals surface area contributed by atoms with Crippen LogP contribution in [0.1, 0.15) is 17.5 Å². The lowest BCUT2D eigenvalue weighted by atomic mass is 9.88. The zero-order valence-electron chi connectivity index (χ0n) is 12.2. The minimum absolute atomic E-state index is 0.215. The molecule has 0 fully saturated rings. The molecule has 1 aliphatic carbocycles. The fourth-order valence-electron chi connectivity index (χ4n) is 2.61. The van der Waals surface area contributed by atoms with Crippen LogP contribution in [0.4, 0.5) is 11.9 Å². The summed E-state index contributed by atoms with van der Waals surface area (Å²) >= 11 is 5.96. The monoisotopic (exact) mass is 303 g/mol. The summed E-state index contributed by atoms with van der Waals surface area (Å²) < 4.78 is 0. The lowest BCUT2D eigenvalue weighted by Gasteiger charge is -2.25. The molecule has 1 heterocycles. The van der Waals surface area contributed by atoms with E-state index in [1.807, 2.05) is 19.0 Å². The number of fused-ring (bicyclic) bond motifs is 1. The van der Waals surface area contributed by atoms with Gasteiger partial charge in [0.25, 0.3) is 0 Å². The van der Waals surface area contributed by atoms with Gasteiger partial charge in [0.15, 0.2) is 0 Å². The zero-order valence-corrected chi connectivity index (χ0v) is 12.9. The van der Waals surface area contributed by atoms with Crippen LogP contribution in [0.3, 0.4) is 0 Å². The van der Waals surface area contributed by atoms with E-state index < -0.39 is 0 Å². The van der Waals surface area contributed by atoms with Gasteiger partial charge in [0.2, 0.25) is 17.2 Å². The van der Waals surface area contributed by atoms with Crippen molar-refractivity contribution in [3.05, 3.63) is 40.7 Å².